The highest BCUT2D eigenvalue weighted by Crippen LogP contribution is 2.34. The molecular weight excluding hydrogens is 503 g/mol. The number of carbonyl (C=O) groups excluding carboxylic acids is 2. The van der Waals surface area contributed by atoms with E-state index in [1.54, 1.807) is 17.0 Å². The molecule has 3 aliphatic rings. The first-order valence-corrected chi connectivity index (χ1v) is 13.9. The number of amides is 1. The fraction of sp³-hybridized carbons (Fsp3) is 0.483. The summed E-state index contributed by atoms with van der Waals surface area (Å²) in [6, 6.07) is 12.1. The first-order chi connectivity index (χ1) is 18.3. The second-order valence-corrected chi connectivity index (χ2v) is 11.1. The Bertz CT molecular complexity index is 1210. The summed E-state index contributed by atoms with van der Waals surface area (Å²) in [5.74, 6) is -0.566. The summed E-state index contributed by atoms with van der Waals surface area (Å²) in [6.07, 6.45) is 4.33. The Hall–Kier alpha value is -3.04. The average Bonchev–Trinajstić information content (AvgIpc) is 3.35. The van der Waals surface area contributed by atoms with Crippen LogP contribution in [0.5, 0.6) is 0 Å². The normalized spacial score (nSPS) is 19.3. The van der Waals surface area contributed by atoms with Crippen molar-refractivity contribution < 1.29 is 18.7 Å². The Morgan fingerprint density at radius 3 is 2.26 bits per heavy atom. The molecule has 1 amide bonds. The van der Waals surface area contributed by atoms with Crippen molar-refractivity contribution in [2.75, 3.05) is 49.1 Å². The van der Waals surface area contributed by atoms with Crippen molar-refractivity contribution >= 4 is 40.6 Å². The molecule has 38 heavy (non-hydrogen) atoms. The number of thiocarbonyl (C=S) groups is 1. The first kappa shape index (κ1) is 26.6. The van der Waals surface area contributed by atoms with E-state index in [1.165, 1.54) is 12.1 Å². The third-order valence-electron chi connectivity index (χ3n) is 7.92. The number of fused-ring (bicyclic) bond motifs is 1. The van der Waals surface area contributed by atoms with Gasteiger partial charge in [0.05, 0.1) is 11.3 Å². The number of anilines is 2. The topological polar surface area (TPSA) is 56.3 Å². The van der Waals surface area contributed by atoms with Crippen molar-refractivity contribution in [1.29, 1.82) is 0 Å². The van der Waals surface area contributed by atoms with Gasteiger partial charge in [-0.05, 0) is 87.9 Å². The third-order valence-corrected chi connectivity index (χ3v) is 8.32. The minimum absolute atomic E-state index is 0.0486. The van der Waals surface area contributed by atoms with Gasteiger partial charge in [-0.1, -0.05) is 12.8 Å². The third kappa shape index (κ3) is 5.27. The summed E-state index contributed by atoms with van der Waals surface area (Å²) in [7, 11) is 0. The number of hydrogen-bond acceptors (Lipinski definition) is 6. The molecule has 5 rings (SSSR count). The van der Waals surface area contributed by atoms with Crippen LogP contribution in [0.2, 0.25) is 0 Å². The maximum atomic E-state index is 13.3. The van der Waals surface area contributed by atoms with Gasteiger partial charge in [0.2, 0.25) is 0 Å². The molecule has 0 saturated carbocycles. The van der Waals surface area contributed by atoms with Crippen molar-refractivity contribution in [3.8, 4) is 0 Å². The van der Waals surface area contributed by atoms with E-state index in [0.717, 1.165) is 76.2 Å². The van der Waals surface area contributed by atoms with Gasteiger partial charge in [-0.3, -0.25) is 14.6 Å². The second kappa shape index (κ2) is 11.0. The van der Waals surface area contributed by atoms with Crippen LogP contribution in [0, 0.1) is 5.82 Å². The Morgan fingerprint density at radius 2 is 1.55 bits per heavy atom. The van der Waals surface area contributed by atoms with Gasteiger partial charge in [0.1, 0.15) is 18.0 Å². The van der Waals surface area contributed by atoms with Crippen LogP contribution in [0.3, 0.4) is 0 Å². The zero-order valence-electron chi connectivity index (χ0n) is 22.1. The zero-order valence-corrected chi connectivity index (χ0v) is 22.9. The van der Waals surface area contributed by atoms with Gasteiger partial charge in [0, 0.05) is 44.0 Å². The highest BCUT2D eigenvalue weighted by atomic mass is 32.1. The SMILES string of the molecule is CC1(C)C(=O)N(c2ccc3c(c2)COC3=O)C(=S)N1CCCCCCN1CCN(c2ccc(F)cc2)CC1. The van der Waals surface area contributed by atoms with Crippen molar-refractivity contribution in [2.24, 2.45) is 0 Å². The number of hydrogen-bond donors (Lipinski definition) is 0. The summed E-state index contributed by atoms with van der Waals surface area (Å²) in [6.45, 7) is 9.87. The van der Waals surface area contributed by atoms with E-state index in [4.69, 9.17) is 17.0 Å². The minimum atomic E-state index is -0.716. The first-order valence-electron chi connectivity index (χ1n) is 13.4. The standard InChI is InChI=1S/C29H35FN4O3S/c1-29(2)27(36)34(24-11-12-25-21(19-24)20-37-26(25)35)28(38)33(29)14-6-4-3-5-13-31-15-17-32(18-16-31)23-9-7-22(30)8-10-23/h7-12,19H,3-6,13-18,20H2,1-2H3. The molecule has 9 heteroatoms. The van der Waals surface area contributed by atoms with Crippen LogP contribution in [-0.4, -0.2) is 71.6 Å². The van der Waals surface area contributed by atoms with E-state index in [2.05, 4.69) is 9.80 Å². The number of halogens is 1. The molecule has 3 heterocycles. The number of piperazine rings is 1. The van der Waals surface area contributed by atoms with Gasteiger partial charge < -0.3 is 14.5 Å². The highest BCUT2D eigenvalue weighted by Gasteiger charge is 2.49. The lowest BCUT2D eigenvalue weighted by Crippen LogP contribution is -2.46. The number of cyclic esters (lactones) is 1. The number of nitrogens with zero attached hydrogens (tertiary/aromatic N) is 4. The Morgan fingerprint density at radius 1 is 0.895 bits per heavy atom. The number of ether oxygens (including phenoxy) is 1. The lowest BCUT2D eigenvalue weighted by atomic mass is 10.0. The molecule has 2 aromatic rings. The van der Waals surface area contributed by atoms with Crippen LogP contribution in [0.15, 0.2) is 42.5 Å². The monoisotopic (exact) mass is 538 g/mol. The number of unbranched alkanes of at least 4 members (excludes halogenated alkanes) is 3. The van der Waals surface area contributed by atoms with Crippen molar-refractivity contribution in [2.45, 2.75) is 51.7 Å². The molecular formula is C29H35FN4O3S. The van der Waals surface area contributed by atoms with Crippen LogP contribution in [0.4, 0.5) is 15.8 Å². The molecule has 0 spiro atoms. The Labute approximate surface area is 229 Å². The van der Waals surface area contributed by atoms with E-state index >= 15 is 0 Å². The van der Waals surface area contributed by atoms with E-state index in [1.807, 2.05) is 36.9 Å². The van der Waals surface area contributed by atoms with E-state index in [9.17, 15) is 14.0 Å². The summed E-state index contributed by atoms with van der Waals surface area (Å²) < 4.78 is 18.3. The number of carbonyl (C=O) groups is 2. The zero-order chi connectivity index (χ0) is 26.9. The fourth-order valence-electron chi connectivity index (χ4n) is 5.54. The summed E-state index contributed by atoms with van der Waals surface area (Å²) in [5, 5.41) is 0.518. The molecule has 0 unspecified atom stereocenters. The van der Waals surface area contributed by atoms with Crippen molar-refractivity contribution in [3.05, 3.63) is 59.4 Å². The summed E-state index contributed by atoms with van der Waals surface area (Å²) in [5.41, 5.74) is 2.40. The number of rotatable bonds is 9. The molecule has 2 fully saturated rings. The largest absolute Gasteiger partial charge is 0.457 e. The van der Waals surface area contributed by atoms with Crippen LogP contribution in [-0.2, 0) is 16.1 Å². The van der Waals surface area contributed by atoms with E-state index in [-0.39, 0.29) is 24.3 Å². The van der Waals surface area contributed by atoms with Gasteiger partial charge >= 0.3 is 5.97 Å². The molecule has 7 nitrogen and oxygen atoms in total. The number of benzene rings is 2. The predicted molar refractivity (Wildman–Crippen MR) is 150 cm³/mol. The molecule has 3 aliphatic heterocycles. The van der Waals surface area contributed by atoms with Crippen LogP contribution >= 0.6 is 12.2 Å². The molecule has 202 valence electrons. The summed E-state index contributed by atoms with van der Waals surface area (Å²) >= 11 is 5.76. The Balaban J connectivity index is 1.05. The van der Waals surface area contributed by atoms with Gasteiger partial charge in [0.15, 0.2) is 5.11 Å². The molecule has 0 bridgehead atoms. The van der Waals surface area contributed by atoms with Crippen molar-refractivity contribution in [3.63, 3.8) is 0 Å². The average molecular weight is 539 g/mol. The molecule has 2 aromatic carbocycles. The van der Waals surface area contributed by atoms with Gasteiger partial charge in [-0.2, -0.15) is 0 Å². The fourth-order valence-corrected chi connectivity index (χ4v) is 6.05. The minimum Gasteiger partial charge on any atom is -0.457 e. The van der Waals surface area contributed by atoms with Crippen LogP contribution in [0.25, 0.3) is 0 Å². The van der Waals surface area contributed by atoms with Crippen LogP contribution in [0.1, 0.15) is 55.5 Å². The molecule has 2 saturated heterocycles. The lowest BCUT2D eigenvalue weighted by molar-refractivity contribution is -0.123. The van der Waals surface area contributed by atoms with Crippen LogP contribution < -0.4 is 9.80 Å². The summed E-state index contributed by atoms with van der Waals surface area (Å²) in [4.78, 5) is 33.6. The second-order valence-electron chi connectivity index (χ2n) is 10.8. The van der Waals surface area contributed by atoms with Gasteiger partial charge in [0.25, 0.3) is 5.91 Å². The maximum absolute atomic E-state index is 13.3. The predicted octanol–water partition coefficient (Wildman–Crippen LogP) is 4.59. The molecule has 0 aromatic heterocycles. The quantitative estimate of drug-likeness (QED) is 0.263. The maximum Gasteiger partial charge on any atom is 0.338 e. The smallest absolute Gasteiger partial charge is 0.338 e. The van der Waals surface area contributed by atoms with E-state index < -0.39 is 5.54 Å². The Kier molecular flexibility index (Phi) is 7.68. The molecule has 0 aliphatic carbocycles. The molecule has 0 radical (unpaired) electrons. The molecule has 0 N–H and O–H groups in total. The van der Waals surface area contributed by atoms with Crippen molar-refractivity contribution in [1.82, 2.24) is 9.80 Å². The lowest BCUT2D eigenvalue weighted by Gasteiger charge is -2.36. The number of esters is 1. The van der Waals surface area contributed by atoms with Gasteiger partial charge in [-0.25, -0.2) is 9.18 Å². The highest BCUT2D eigenvalue weighted by molar-refractivity contribution is 7.80. The van der Waals surface area contributed by atoms with E-state index in [0.29, 0.717) is 16.4 Å². The molecule has 0 atom stereocenters. The van der Waals surface area contributed by atoms with Gasteiger partial charge in [-0.15, -0.1) is 0 Å².